The molecule has 0 spiro atoms. The van der Waals surface area contributed by atoms with Crippen molar-refractivity contribution in [3.8, 4) is 5.75 Å². The van der Waals surface area contributed by atoms with Gasteiger partial charge in [0.15, 0.2) is 11.6 Å². The van der Waals surface area contributed by atoms with Crippen molar-refractivity contribution < 1.29 is 9.13 Å². The second kappa shape index (κ2) is 3.96. The molecule has 1 fully saturated rings. The highest BCUT2D eigenvalue weighted by Gasteiger charge is 2.19. The van der Waals surface area contributed by atoms with Crippen LogP contribution in [0.1, 0.15) is 12.0 Å². The number of rotatable bonds is 4. The number of hydrogen-bond acceptors (Lipinski definition) is 2. The van der Waals surface area contributed by atoms with Gasteiger partial charge in [0, 0.05) is 12.6 Å². The molecular formula is C11H14FNO. The molecule has 0 saturated carbocycles. The van der Waals surface area contributed by atoms with Crippen molar-refractivity contribution in [2.24, 2.45) is 0 Å². The molecule has 76 valence electrons. The first kappa shape index (κ1) is 9.46. The van der Waals surface area contributed by atoms with Gasteiger partial charge in [0.25, 0.3) is 0 Å². The molecule has 1 atom stereocenters. The van der Waals surface area contributed by atoms with E-state index in [9.17, 15) is 4.39 Å². The topological polar surface area (TPSA) is 31.2 Å². The zero-order valence-corrected chi connectivity index (χ0v) is 8.22. The molecule has 0 bridgehead atoms. The average molecular weight is 195 g/mol. The molecule has 1 aliphatic rings. The van der Waals surface area contributed by atoms with Gasteiger partial charge in [-0.3, -0.25) is 0 Å². The Bertz CT molecular complexity index is 323. The third-order valence-electron chi connectivity index (χ3n) is 2.49. The maximum atomic E-state index is 13.0. The largest absolute Gasteiger partial charge is 0.494 e. The third kappa shape index (κ3) is 2.23. The van der Waals surface area contributed by atoms with Gasteiger partial charge in [-0.05, 0) is 30.5 Å². The van der Waals surface area contributed by atoms with E-state index in [-0.39, 0.29) is 5.82 Å². The lowest BCUT2D eigenvalue weighted by Crippen LogP contribution is -1.96. The summed E-state index contributed by atoms with van der Waals surface area (Å²) in [6.45, 7) is 1.12. The first-order valence-corrected chi connectivity index (χ1v) is 4.85. The minimum Gasteiger partial charge on any atom is -0.494 e. The highest BCUT2D eigenvalue weighted by atomic mass is 19.1. The summed E-state index contributed by atoms with van der Waals surface area (Å²) in [5, 5.41) is 3.24. The van der Waals surface area contributed by atoms with E-state index >= 15 is 0 Å². The summed E-state index contributed by atoms with van der Waals surface area (Å²) >= 11 is 0. The summed E-state index contributed by atoms with van der Waals surface area (Å²) in [6.07, 6.45) is 2.10. The molecule has 1 unspecified atom stereocenters. The van der Waals surface area contributed by atoms with E-state index in [0.717, 1.165) is 24.9 Å². The lowest BCUT2D eigenvalue weighted by Gasteiger charge is -2.04. The number of halogens is 1. The summed E-state index contributed by atoms with van der Waals surface area (Å²) < 4.78 is 18.0. The molecule has 1 aliphatic heterocycles. The second-order valence-electron chi connectivity index (χ2n) is 3.61. The minimum absolute atomic E-state index is 0.291. The Hall–Kier alpha value is -1.09. The SMILES string of the molecule is COc1cc(CCC2CN2)ccc1F. The standard InChI is InChI=1S/C11H14FNO/c1-14-11-6-8(3-5-10(11)12)2-4-9-7-13-9/h3,5-6,9,13H,2,4,7H2,1H3. The molecule has 1 aromatic rings. The fourth-order valence-electron chi connectivity index (χ4n) is 1.49. The lowest BCUT2D eigenvalue weighted by molar-refractivity contribution is 0.386. The zero-order valence-electron chi connectivity index (χ0n) is 8.22. The maximum Gasteiger partial charge on any atom is 0.165 e. The highest BCUT2D eigenvalue weighted by molar-refractivity contribution is 5.30. The minimum atomic E-state index is -0.291. The smallest absolute Gasteiger partial charge is 0.165 e. The van der Waals surface area contributed by atoms with E-state index in [2.05, 4.69) is 5.32 Å². The molecule has 14 heavy (non-hydrogen) atoms. The fourth-order valence-corrected chi connectivity index (χ4v) is 1.49. The van der Waals surface area contributed by atoms with Crippen molar-refractivity contribution in [2.45, 2.75) is 18.9 Å². The van der Waals surface area contributed by atoms with Crippen molar-refractivity contribution in [3.05, 3.63) is 29.6 Å². The van der Waals surface area contributed by atoms with Gasteiger partial charge in [-0.25, -0.2) is 4.39 Å². The van der Waals surface area contributed by atoms with Crippen molar-refractivity contribution in [1.29, 1.82) is 0 Å². The molecule has 1 N–H and O–H groups in total. The summed E-state index contributed by atoms with van der Waals surface area (Å²) in [4.78, 5) is 0. The average Bonchev–Trinajstić information content (AvgIpc) is 3.00. The molecule has 1 saturated heterocycles. The van der Waals surface area contributed by atoms with Crippen LogP contribution in [0.4, 0.5) is 4.39 Å². The monoisotopic (exact) mass is 195 g/mol. The van der Waals surface area contributed by atoms with Gasteiger partial charge in [0.05, 0.1) is 7.11 Å². The summed E-state index contributed by atoms with van der Waals surface area (Å²) in [6, 6.07) is 5.73. The molecular weight excluding hydrogens is 181 g/mol. The van der Waals surface area contributed by atoms with Crippen molar-refractivity contribution in [3.63, 3.8) is 0 Å². The van der Waals surface area contributed by atoms with E-state index in [1.165, 1.54) is 13.2 Å². The van der Waals surface area contributed by atoms with E-state index in [1.807, 2.05) is 6.07 Å². The van der Waals surface area contributed by atoms with Gasteiger partial charge < -0.3 is 10.1 Å². The van der Waals surface area contributed by atoms with Crippen LogP contribution < -0.4 is 10.1 Å². The number of hydrogen-bond donors (Lipinski definition) is 1. The fraction of sp³-hybridized carbons (Fsp3) is 0.455. The van der Waals surface area contributed by atoms with Gasteiger partial charge in [0.1, 0.15) is 0 Å². The number of ether oxygens (including phenoxy) is 1. The van der Waals surface area contributed by atoms with Crippen molar-refractivity contribution in [2.75, 3.05) is 13.7 Å². The number of nitrogens with one attached hydrogen (secondary N) is 1. The summed E-state index contributed by atoms with van der Waals surface area (Å²) in [5.41, 5.74) is 1.14. The van der Waals surface area contributed by atoms with Gasteiger partial charge in [0.2, 0.25) is 0 Å². The Balaban J connectivity index is 2.01. The van der Waals surface area contributed by atoms with Gasteiger partial charge in [-0.1, -0.05) is 6.07 Å². The van der Waals surface area contributed by atoms with Crippen LogP contribution in [0, 0.1) is 5.82 Å². The summed E-state index contributed by atoms with van der Waals surface area (Å²) in [7, 11) is 1.49. The van der Waals surface area contributed by atoms with E-state index in [0.29, 0.717) is 11.8 Å². The molecule has 1 heterocycles. The van der Waals surface area contributed by atoms with Crippen LogP contribution in [-0.2, 0) is 6.42 Å². The number of benzene rings is 1. The molecule has 3 heteroatoms. The maximum absolute atomic E-state index is 13.0. The van der Waals surface area contributed by atoms with Crippen LogP contribution in [0.3, 0.4) is 0 Å². The van der Waals surface area contributed by atoms with Crippen LogP contribution in [0.15, 0.2) is 18.2 Å². The van der Waals surface area contributed by atoms with Crippen LogP contribution in [0.2, 0.25) is 0 Å². The van der Waals surface area contributed by atoms with E-state index < -0.39 is 0 Å². The third-order valence-corrected chi connectivity index (χ3v) is 2.49. The highest BCUT2D eigenvalue weighted by Crippen LogP contribution is 2.20. The quantitative estimate of drug-likeness (QED) is 0.742. The molecule has 2 nitrogen and oxygen atoms in total. The predicted octanol–water partition coefficient (Wildman–Crippen LogP) is 1.74. The number of aryl methyl sites for hydroxylation is 1. The predicted molar refractivity (Wildman–Crippen MR) is 53.1 cm³/mol. The normalized spacial score (nSPS) is 19.4. The summed E-state index contributed by atoms with van der Waals surface area (Å²) in [5.74, 6) is 0.0482. The Morgan fingerprint density at radius 3 is 3.00 bits per heavy atom. The van der Waals surface area contributed by atoms with E-state index in [4.69, 9.17) is 4.74 Å². The van der Waals surface area contributed by atoms with Crippen LogP contribution in [0.25, 0.3) is 0 Å². The van der Waals surface area contributed by atoms with Gasteiger partial charge in [-0.2, -0.15) is 0 Å². The Morgan fingerprint density at radius 2 is 2.36 bits per heavy atom. The first-order valence-electron chi connectivity index (χ1n) is 4.85. The molecule has 0 aromatic heterocycles. The van der Waals surface area contributed by atoms with Crippen molar-refractivity contribution in [1.82, 2.24) is 5.32 Å². The van der Waals surface area contributed by atoms with E-state index in [1.54, 1.807) is 6.07 Å². The molecule has 1 aromatic carbocycles. The second-order valence-corrected chi connectivity index (χ2v) is 3.61. The van der Waals surface area contributed by atoms with Crippen LogP contribution in [0.5, 0.6) is 5.75 Å². The van der Waals surface area contributed by atoms with Crippen LogP contribution in [-0.4, -0.2) is 19.7 Å². The van der Waals surface area contributed by atoms with Crippen molar-refractivity contribution >= 4 is 0 Å². The van der Waals surface area contributed by atoms with Gasteiger partial charge in [-0.15, -0.1) is 0 Å². The molecule has 0 amide bonds. The van der Waals surface area contributed by atoms with Gasteiger partial charge >= 0.3 is 0 Å². The number of methoxy groups -OCH3 is 1. The first-order chi connectivity index (χ1) is 6.79. The lowest BCUT2D eigenvalue weighted by atomic mass is 10.1. The molecule has 2 rings (SSSR count). The zero-order chi connectivity index (χ0) is 9.97. The van der Waals surface area contributed by atoms with Crippen LogP contribution >= 0.6 is 0 Å². The molecule has 0 aliphatic carbocycles. The Kier molecular flexibility index (Phi) is 2.68. The molecule has 0 radical (unpaired) electrons. The Labute approximate surface area is 83.1 Å². The Morgan fingerprint density at radius 1 is 1.57 bits per heavy atom.